The number of β-amino-alcohol motifs (C(OH)–C–C–N with tert-alkyl or cyclic N) is 1. The van der Waals surface area contributed by atoms with Gasteiger partial charge in [0, 0.05) is 32.7 Å². The van der Waals surface area contributed by atoms with Crippen LogP contribution in [0.2, 0.25) is 0 Å². The highest BCUT2D eigenvalue weighted by Gasteiger charge is 2.47. The van der Waals surface area contributed by atoms with E-state index in [2.05, 4.69) is 10.2 Å². The molecule has 0 radical (unpaired) electrons. The van der Waals surface area contributed by atoms with Gasteiger partial charge in [-0.3, -0.25) is 14.5 Å². The fourth-order valence-corrected chi connectivity index (χ4v) is 4.12. The van der Waals surface area contributed by atoms with Crippen LogP contribution in [0.25, 0.3) is 0 Å². The summed E-state index contributed by atoms with van der Waals surface area (Å²) in [5.74, 6) is 0.121. The molecule has 2 saturated heterocycles. The minimum Gasteiger partial charge on any atom is -0.391 e. The van der Waals surface area contributed by atoms with E-state index in [9.17, 15) is 14.7 Å². The fourth-order valence-electron chi connectivity index (χ4n) is 4.12. The zero-order valence-electron chi connectivity index (χ0n) is 15.0. The number of rotatable bonds is 3. The van der Waals surface area contributed by atoms with Gasteiger partial charge in [0.15, 0.2) is 0 Å². The number of anilines is 1. The second kappa shape index (κ2) is 7.14. The van der Waals surface area contributed by atoms with Crippen LogP contribution in [0.5, 0.6) is 0 Å². The molecule has 25 heavy (non-hydrogen) atoms. The summed E-state index contributed by atoms with van der Waals surface area (Å²) in [4.78, 5) is 27.7. The normalized spacial score (nSPS) is 23.7. The highest BCUT2D eigenvalue weighted by molar-refractivity contribution is 5.88. The molecule has 0 saturated carbocycles. The van der Waals surface area contributed by atoms with Gasteiger partial charge in [-0.1, -0.05) is 12.1 Å². The van der Waals surface area contributed by atoms with Crippen LogP contribution >= 0.6 is 0 Å². The van der Waals surface area contributed by atoms with Crippen LogP contribution < -0.4 is 5.32 Å². The lowest BCUT2D eigenvalue weighted by molar-refractivity contribution is -0.154. The van der Waals surface area contributed by atoms with E-state index in [4.69, 9.17) is 0 Å². The molecule has 1 aromatic carbocycles. The summed E-state index contributed by atoms with van der Waals surface area (Å²) >= 11 is 0. The number of piperidine rings is 2. The molecule has 2 amide bonds. The van der Waals surface area contributed by atoms with Crippen molar-refractivity contribution in [3.05, 3.63) is 29.8 Å². The first-order chi connectivity index (χ1) is 11.9. The largest absolute Gasteiger partial charge is 0.391 e. The third-order valence-electron chi connectivity index (χ3n) is 5.41. The van der Waals surface area contributed by atoms with Crippen molar-refractivity contribution >= 4 is 17.5 Å². The number of amides is 2. The second-order valence-electron chi connectivity index (χ2n) is 7.48. The molecule has 6 nitrogen and oxygen atoms in total. The van der Waals surface area contributed by atoms with Crippen molar-refractivity contribution in [2.45, 2.75) is 38.8 Å². The van der Waals surface area contributed by atoms with Crippen LogP contribution in [0.3, 0.4) is 0 Å². The molecular weight excluding hydrogens is 318 g/mol. The van der Waals surface area contributed by atoms with Gasteiger partial charge in [-0.15, -0.1) is 0 Å². The molecule has 2 heterocycles. The summed E-state index contributed by atoms with van der Waals surface area (Å²) in [5, 5.41) is 12.8. The van der Waals surface area contributed by atoms with Crippen molar-refractivity contribution < 1.29 is 14.7 Å². The Balaban J connectivity index is 1.57. The quantitative estimate of drug-likeness (QED) is 0.870. The molecule has 0 aliphatic carbocycles. The van der Waals surface area contributed by atoms with E-state index < -0.39 is 6.10 Å². The number of benzene rings is 1. The molecule has 1 atom stereocenters. The van der Waals surface area contributed by atoms with Crippen molar-refractivity contribution in [1.82, 2.24) is 9.80 Å². The lowest BCUT2D eigenvalue weighted by Crippen LogP contribution is -2.56. The Morgan fingerprint density at radius 2 is 1.92 bits per heavy atom. The van der Waals surface area contributed by atoms with Crippen LogP contribution in [0, 0.1) is 5.41 Å². The van der Waals surface area contributed by atoms with E-state index in [1.165, 1.54) is 12.5 Å². The predicted octanol–water partition coefficient (Wildman–Crippen LogP) is 1.45. The second-order valence-corrected chi connectivity index (χ2v) is 7.48. The van der Waals surface area contributed by atoms with Gasteiger partial charge in [-0.05, 0) is 50.0 Å². The van der Waals surface area contributed by atoms with E-state index in [-0.39, 0.29) is 17.2 Å². The number of nitrogens with one attached hydrogen (secondary N) is 1. The van der Waals surface area contributed by atoms with E-state index in [1.54, 1.807) is 11.9 Å². The van der Waals surface area contributed by atoms with Crippen LogP contribution in [0.4, 0.5) is 5.69 Å². The monoisotopic (exact) mass is 345 g/mol. The Bertz CT molecular complexity index is 636. The van der Waals surface area contributed by atoms with Gasteiger partial charge >= 0.3 is 0 Å². The molecule has 1 aromatic rings. The Morgan fingerprint density at radius 3 is 2.52 bits per heavy atom. The van der Waals surface area contributed by atoms with Gasteiger partial charge in [0.25, 0.3) is 0 Å². The molecule has 2 aliphatic heterocycles. The summed E-state index contributed by atoms with van der Waals surface area (Å²) in [7, 11) is 1.79. The fraction of sp³-hybridized carbons (Fsp3) is 0.579. The average Bonchev–Trinajstić information content (AvgIpc) is 2.56. The minimum absolute atomic E-state index is 0.0709. The zero-order valence-corrected chi connectivity index (χ0v) is 15.0. The van der Waals surface area contributed by atoms with Crippen molar-refractivity contribution in [3.63, 3.8) is 0 Å². The summed E-state index contributed by atoms with van der Waals surface area (Å²) in [5.41, 5.74) is 1.62. The minimum atomic E-state index is -0.407. The van der Waals surface area contributed by atoms with Gasteiger partial charge in [-0.2, -0.15) is 0 Å². The van der Waals surface area contributed by atoms with Gasteiger partial charge < -0.3 is 15.3 Å². The maximum Gasteiger partial charge on any atom is 0.228 e. The molecule has 1 spiro atoms. The molecule has 2 N–H and O–H groups in total. The Labute approximate surface area is 148 Å². The molecular formula is C19H27N3O3. The van der Waals surface area contributed by atoms with E-state index >= 15 is 0 Å². The van der Waals surface area contributed by atoms with Gasteiger partial charge in [0.1, 0.15) is 0 Å². The van der Waals surface area contributed by atoms with Gasteiger partial charge in [0.05, 0.1) is 11.5 Å². The third kappa shape index (κ3) is 4.02. The number of hydrogen-bond donors (Lipinski definition) is 2. The number of likely N-dealkylation sites (tertiary alicyclic amines) is 2. The maximum absolute atomic E-state index is 12.6. The topological polar surface area (TPSA) is 72.9 Å². The average molecular weight is 345 g/mol. The molecule has 6 heteroatoms. The van der Waals surface area contributed by atoms with E-state index in [0.717, 1.165) is 38.2 Å². The number of hydrogen-bond acceptors (Lipinski definition) is 4. The highest BCUT2D eigenvalue weighted by atomic mass is 16.3. The van der Waals surface area contributed by atoms with Crippen LogP contribution in [0.15, 0.2) is 24.3 Å². The highest BCUT2D eigenvalue weighted by Crippen LogP contribution is 2.40. The number of carbonyl (C=O) groups is 2. The van der Waals surface area contributed by atoms with Gasteiger partial charge in [-0.25, -0.2) is 0 Å². The Kier molecular flexibility index (Phi) is 5.11. The van der Waals surface area contributed by atoms with Gasteiger partial charge in [0.2, 0.25) is 11.8 Å². The zero-order chi connectivity index (χ0) is 18.0. The number of likely N-dealkylation sites (N-methyl/N-ethyl adjacent to an activating group) is 1. The number of aliphatic hydroxyl groups excluding tert-OH is 1. The Morgan fingerprint density at radius 1 is 1.28 bits per heavy atom. The van der Waals surface area contributed by atoms with Crippen LogP contribution in [-0.2, 0) is 16.1 Å². The molecule has 2 aliphatic rings. The molecule has 136 valence electrons. The standard InChI is InChI=1S/C19H27N3O3/c1-14(23)20-16-5-3-15(4-6-16)12-22-9-7-19(8-10-22)11-17(24)13-21(2)18(19)25/h3-6,17,24H,7-13H2,1-2H3,(H,20,23). The third-order valence-corrected chi connectivity index (χ3v) is 5.41. The first-order valence-electron chi connectivity index (χ1n) is 8.90. The van der Waals surface area contributed by atoms with Crippen molar-refractivity contribution in [1.29, 1.82) is 0 Å². The van der Waals surface area contributed by atoms with Crippen LogP contribution in [0.1, 0.15) is 31.7 Å². The molecule has 0 bridgehead atoms. The smallest absolute Gasteiger partial charge is 0.228 e. The molecule has 0 aromatic heterocycles. The van der Waals surface area contributed by atoms with E-state index in [1.807, 2.05) is 24.3 Å². The first kappa shape index (κ1) is 17.9. The van der Waals surface area contributed by atoms with Crippen molar-refractivity contribution in [2.75, 3.05) is 32.0 Å². The van der Waals surface area contributed by atoms with E-state index in [0.29, 0.717) is 13.0 Å². The summed E-state index contributed by atoms with van der Waals surface area (Å²) in [6.07, 6.45) is 1.79. The SMILES string of the molecule is CC(=O)Nc1ccc(CN2CCC3(CC2)CC(O)CN(C)C3=O)cc1. The van der Waals surface area contributed by atoms with Crippen molar-refractivity contribution in [3.8, 4) is 0 Å². The molecule has 1 unspecified atom stereocenters. The Hall–Kier alpha value is -1.92. The summed E-state index contributed by atoms with van der Waals surface area (Å²) in [6, 6.07) is 7.88. The molecule has 3 rings (SSSR count). The first-order valence-corrected chi connectivity index (χ1v) is 8.90. The number of nitrogens with zero attached hydrogens (tertiary/aromatic N) is 2. The summed E-state index contributed by atoms with van der Waals surface area (Å²) < 4.78 is 0. The lowest BCUT2D eigenvalue weighted by atomic mass is 9.71. The maximum atomic E-state index is 12.6. The molecule has 2 fully saturated rings. The van der Waals surface area contributed by atoms with Crippen molar-refractivity contribution in [2.24, 2.45) is 5.41 Å². The lowest BCUT2D eigenvalue weighted by Gasteiger charge is -2.47. The predicted molar refractivity (Wildman–Crippen MR) is 96.0 cm³/mol. The van der Waals surface area contributed by atoms with Crippen LogP contribution in [-0.4, -0.2) is 59.5 Å². The number of carbonyl (C=O) groups excluding carboxylic acids is 2. The summed E-state index contributed by atoms with van der Waals surface area (Å²) in [6.45, 7) is 4.51. The number of aliphatic hydroxyl groups is 1.